The van der Waals surface area contributed by atoms with Gasteiger partial charge in [-0.05, 0) is 37.4 Å². The fourth-order valence-electron chi connectivity index (χ4n) is 2.41. The monoisotopic (exact) mass is 282 g/mol. The fourth-order valence-corrected chi connectivity index (χ4v) is 3.94. The third-order valence-corrected chi connectivity index (χ3v) is 5.60. The van der Waals surface area contributed by atoms with Gasteiger partial charge in [0.25, 0.3) is 0 Å². The molecule has 0 spiro atoms. The summed E-state index contributed by atoms with van der Waals surface area (Å²) in [6.07, 6.45) is 1.91. The van der Waals surface area contributed by atoms with Gasteiger partial charge in [-0.2, -0.15) is 0 Å². The predicted octanol–water partition coefficient (Wildman–Crippen LogP) is 1.45. The first-order valence-corrected chi connectivity index (χ1v) is 8.37. The number of nitrogens with one attached hydrogen (secondary N) is 1. The zero-order valence-electron chi connectivity index (χ0n) is 11.4. The lowest BCUT2D eigenvalue weighted by molar-refractivity contribution is 0.388. The molecule has 0 unspecified atom stereocenters. The van der Waals surface area contributed by atoms with E-state index in [-0.39, 0.29) is 5.75 Å². The Kier molecular flexibility index (Phi) is 4.96. The predicted molar refractivity (Wildman–Crippen MR) is 77.3 cm³/mol. The van der Waals surface area contributed by atoms with E-state index in [4.69, 9.17) is 0 Å². The normalized spacial score (nSPS) is 17.8. The van der Waals surface area contributed by atoms with E-state index in [2.05, 4.69) is 5.32 Å². The first-order chi connectivity index (χ1) is 9.08. The second-order valence-corrected chi connectivity index (χ2v) is 7.33. The van der Waals surface area contributed by atoms with Gasteiger partial charge in [0.2, 0.25) is 10.0 Å². The van der Waals surface area contributed by atoms with Crippen LogP contribution in [-0.2, 0) is 16.6 Å². The summed E-state index contributed by atoms with van der Waals surface area (Å²) >= 11 is 0. The van der Waals surface area contributed by atoms with E-state index in [1.165, 1.54) is 4.31 Å². The minimum atomic E-state index is -3.15. The largest absolute Gasteiger partial charge is 0.317 e. The van der Waals surface area contributed by atoms with Crippen molar-refractivity contribution >= 4 is 10.0 Å². The van der Waals surface area contributed by atoms with Crippen molar-refractivity contribution in [2.75, 3.05) is 25.9 Å². The minimum absolute atomic E-state index is 0.276. The Morgan fingerprint density at radius 3 is 2.47 bits per heavy atom. The lowest BCUT2D eigenvalue weighted by Gasteiger charge is -2.25. The summed E-state index contributed by atoms with van der Waals surface area (Å²) in [6.45, 7) is 2.32. The third kappa shape index (κ3) is 4.30. The molecule has 0 saturated carbocycles. The van der Waals surface area contributed by atoms with Crippen molar-refractivity contribution in [2.45, 2.75) is 19.4 Å². The summed E-state index contributed by atoms with van der Waals surface area (Å²) in [6, 6.07) is 9.71. The molecule has 0 atom stereocenters. The summed E-state index contributed by atoms with van der Waals surface area (Å²) in [5.74, 6) is 0.572. The maximum Gasteiger partial charge on any atom is 0.214 e. The van der Waals surface area contributed by atoms with Gasteiger partial charge in [-0.1, -0.05) is 30.3 Å². The van der Waals surface area contributed by atoms with Crippen LogP contribution >= 0.6 is 0 Å². The summed E-state index contributed by atoms with van der Waals surface area (Å²) in [4.78, 5) is 0. The highest BCUT2D eigenvalue weighted by atomic mass is 32.2. The number of hydrogen-bond acceptors (Lipinski definition) is 3. The van der Waals surface area contributed by atoms with Crippen LogP contribution in [0, 0.1) is 5.92 Å². The maximum atomic E-state index is 12.3. The zero-order valence-corrected chi connectivity index (χ0v) is 12.2. The summed E-state index contributed by atoms with van der Waals surface area (Å²) in [7, 11) is -1.48. The molecule has 1 aromatic carbocycles. The molecule has 106 valence electrons. The molecule has 1 fully saturated rings. The highest BCUT2D eigenvalue weighted by Gasteiger charge is 2.24. The molecule has 1 heterocycles. The number of benzene rings is 1. The molecule has 4 nitrogen and oxygen atoms in total. The molecule has 2 rings (SSSR count). The van der Waals surface area contributed by atoms with Gasteiger partial charge in [0, 0.05) is 13.6 Å². The number of rotatable bonds is 5. The molecule has 0 bridgehead atoms. The Labute approximate surface area is 115 Å². The van der Waals surface area contributed by atoms with Crippen LogP contribution in [0.25, 0.3) is 0 Å². The molecule has 19 heavy (non-hydrogen) atoms. The Morgan fingerprint density at radius 1 is 1.21 bits per heavy atom. The van der Waals surface area contributed by atoms with Gasteiger partial charge in [-0.15, -0.1) is 0 Å². The van der Waals surface area contributed by atoms with Gasteiger partial charge in [0.05, 0.1) is 5.75 Å². The second kappa shape index (κ2) is 6.50. The van der Waals surface area contributed by atoms with Crippen LogP contribution in [0.1, 0.15) is 18.4 Å². The van der Waals surface area contributed by atoms with Crippen LogP contribution in [0.15, 0.2) is 30.3 Å². The summed E-state index contributed by atoms with van der Waals surface area (Å²) in [5.41, 5.74) is 1.03. The number of piperidine rings is 1. The Bertz CT molecular complexity index is 481. The van der Waals surface area contributed by atoms with Crippen molar-refractivity contribution in [1.29, 1.82) is 0 Å². The van der Waals surface area contributed by atoms with Crippen LogP contribution in [-0.4, -0.2) is 38.6 Å². The fraction of sp³-hybridized carbons (Fsp3) is 0.571. The van der Waals surface area contributed by atoms with Crippen LogP contribution in [0.4, 0.5) is 0 Å². The molecule has 0 aliphatic carbocycles. The van der Waals surface area contributed by atoms with Crippen molar-refractivity contribution in [2.24, 2.45) is 5.92 Å². The maximum absolute atomic E-state index is 12.3. The molecule has 0 aromatic heterocycles. The molecule has 1 N–H and O–H groups in total. The number of hydrogen-bond donors (Lipinski definition) is 1. The molecule has 1 aliphatic rings. The Balaban J connectivity index is 1.94. The first kappa shape index (κ1) is 14.5. The molecular formula is C14H22N2O2S. The third-order valence-electron chi connectivity index (χ3n) is 3.63. The number of sulfonamides is 1. The molecule has 1 aliphatic heterocycles. The molecule has 0 amide bonds. The zero-order chi connectivity index (χ0) is 13.7. The highest BCUT2D eigenvalue weighted by Crippen LogP contribution is 2.17. The lowest BCUT2D eigenvalue weighted by atomic mass is 10.0. The van der Waals surface area contributed by atoms with Gasteiger partial charge in [-0.3, -0.25) is 0 Å². The summed E-state index contributed by atoms with van der Waals surface area (Å²) < 4.78 is 26.1. The van der Waals surface area contributed by atoms with Crippen molar-refractivity contribution < 1.29 is 8.42 Å². The smallest absolute Gasteiger partial charge is 0.214 e. The van der Waals surface area contributed by atoms with E-state index in [1.54, 1.807) is 7.05 Å². The average molecular weight is 282 g/mol. The van der Waals surface area contributed by atoms with Crippen LogP contribution in [0.2, 0.25) is 0 Å². The SMILES string of the molecule is CN(Cc1ccccc1)S(=O)(=O)CC1CCNCC1. The van der Waals surface area contributed by atoms with Gasteiger partial charge >= 0.3 is 0 Å². The van der Waals surface area contributed by atoms with Crippen molar-refractivity contribution in [3.05, 3.63) is 35.9 Å². The summed E-state index contributed by atoms with van der Waals surface area (Å²) in [5, 5.41) is 3.26. The van der Waals surface area contributed by atoms with E-state index in [0.29, 0.717) is 12.5 Å². The minimum Gasteiger partial charge on any atom is -0.317 e. The second-order valence-electron chi connectivity index (χ2n) is 5.21. The topological polar surface area (TPSA) is 49.4 Å². The average Bonchev–Trinajstić information content (AvgIpc) is 2.40. The van der Waals surface area contributed by atoms with Crippen LogP contribution < -0.4 is 5.32 Å². The van der Waals surface area contributed by atoms with Crippen molar-refractivity contribution in [3.63, 3.8) is 0 Å². The quantitative estimate of drug-likeness (QED) is 0.889. The molecule has 0 radical (unpaired) electrons. The lowest BCUT2D eigenvalue weighted by Crippen LogP contribution is -2.36. The van der Waals surface area contributed by atoms with Crippen molar-refractivity contribution in [1.82, 2.24) is 9.62 Å². The molecule has 1 saturated heterocycles. The first-order valence-electron chi connectivity index (χ1n) is 6.76. The van der Waals surface area contributed by atoms with Gasteiger partial charge < -0.3 is 5.32 Å². The van der Waals surface area contributed by atoms with Gasteiger partial charge in [0.1, 0.15) is 0 Å². The van der Waals surface area contributed by atoms with Gasteiger partial charge in [-0.25, -0.2) is 12.7 Å². The van der Waals surface area contributed by atoms with Gasteiger partial charge in [0.15, 0.2) is 0 Å². The molecular weight excluding hydrogens is 260 g/mol. The Morgan fingerprint density at radius 2 is 1.84 bits per heavy atom. The highest BCUT2D eigenvalue weighted by molar-refractivity contribution is 7.89. The van der Waals surface area contributed by atoms with E-state index in [0.717, 1.165) is 31.5 Å². The Hall–Kier alpha value is -0.910. The van der Waals surface area contributed by atoms with E-state index >= 15 is 0 Å². The standard InChI is InChI=1S/C14H22N2O2S/c1-16(11-13-5-3-2-4-6-13)19(17,18)12-14-7-9-15-10-8-14/h2-6,14-15H,7-12H2,1H3. The van der Waals surface area contributed by atoms with Crippen LogP contribution in [0.3, 0.4) is 0 Å². The van der Waals surface area contributed by atoms with E-state index in [1.807, 2.05) is 30.3 Å². The van der Waals surface area contributed by atoms with E-state index < -0.39 is 10.0 Å². The van der Waals surface area contributed by atoms with Crippen molar-refractivity contribution in [3.8, 4) is 0 Å². The molecule has 5 heteroatoms. The van der Waals surface area contributed by atoms with Crippen LogP contribution in [0.5, 0.6) is 0 Å². The number of nitrogens with zero attached hydrogens (tertiary/aromatic N) is 1. The molecule has 1 aromatic rings. The van der Waals surface area contributed by atoms with E-state index in [9.17, 15) is 8.42 Å².